The van der Waals surface area contributed by atoms with Gasteiger partial charge in [-0.15, -0.1) is 0 Å². The maximum Gasteiger partial charge on any atom is 0.319 e. The minimum Gasteiger partial charge on any atom is -0.497 e. The summed E-state index contributed by atoms with van der Waals surface area (Å²) in [6.07, 6.45) is -5.63. The minimum atomic E-state index is -1.57. The van der Waals surface area contributed by atoms with Crippen LogP contribution in [-0.2, 0) is 4.74 Å². The van der Waals surface area contributed by atoms with Gasteiger partial charge in [-0.2, -0.15) is 0 Å². The SMILES string of the molecule is COc1cccc(NC(=O)N[C@@H]2[C@@H](O)[C@H](O)[C@@H](CO)O[C@@H]2O)c1. The quantitative estimate of drug-likeness (QED) is 0.400. The van der Waals surface area contributed by atoms with Crippen LogP contribution in [0.2, 0.25) is 0 Å². The van der Waals surface area contributed by atoms with E-state index >= 15 is 0 Å². The van der Waals surface area contributed by atoms with Crippen molar-refractivity contribution in [3.8, 4) is 5.75 Å². The first-order valence-electron chi connectivity index (χ1n) is 6.98. The highest BCUT2D eigenvalue weighted by Crippen LogP contribution is 2.20. The zero-order chi connectivity index (χ0) is 17.0. The molecule has 0 spiro atoms. The molecule has 1 aromatic carbocycles. The highest BCUT2D eigenvalue weighted by atomic mass is 16.6. The number of aliphatic hydroxyl groups excluding tert-OH is 4. The number of carbonyl (C=O) groups is 1. The summed E-state index contributed by atoms with van der Waals surface area (Å²) in [5.41, 5.74) is 0.441. The molecule has 2 rings (SSSR count). The van der Waals surface area contributed by atoms with Crippen molar-refractivity contribution < 1.29 is 34.7 Å². The summed E-state index contributed by atoms with van der Waals surface area (Å²) in [6.45, 7) is -0.571. The summed E-state index contributed by atoms with van der Waals surface area (Å²) in [4.78, 5) is 12.0. The van der Waals surface area contributed by atoms with E-state index in [2.05, 4.69) is 10.6 Å². The van der Waals surface area contributed by atoms with Gasteiger partial charge >= 0.3 is 6.03 Å². The van der Waals surface area contributed by atoms with Gasteiger partial charge in [0.15, 0.2) is 6.29 Å². The fraction of sp³-hybridized carbons (Fsp3) is 0.500. The summed E-state index contributed by atoms with van der Waals surface area (Å²) < 4.78 is 9.98. The number of hydrogen-bond donors (Lipinski definition) is 6. The van der Waals surface area contributed by atoms with Gasteiger partial charge in [-0.3, -0.25) is 0 Å². The topological polar surface area (TPSA) is 141 Å². The van der Waals surface area contributed by atoms with Gasteiger partial charge in [0.2, 0.25) is 0 Å². The second-order valence-electron chi connectivity index (χ2n) is 5.09. The molecule has 5 atom stereocenters. The molecule has 0 unspecified atom stereocenters. The molecule has 1 aromatic rings. The lowest BCUT2D eigenvalue weighted by atomic mass is 9.97. The largest absolute Gasteiger partial charge is 0.497 e. The number of anilines is 1. The molecule has 0 aliphatic carbocycles. The van der Waals surface area contributed by atoms with Gasteiger partial charge in [0.1, 0.15) is 30.1 Å². The van der Waals surface area contributed by atoms with Gasteiger partial charge in [-0.1, -0.05) is 6.07 Å². The number of aliphatic hydroxyl groups is 4. The summed E-state index contributed by atoms with van der Waals surface area (Å²) >= 11 is 0. The third kappa shape index (κ3) is 4.09. The Balaban J connectivity index is 1.98. The number of methoxy groups -OCH3 is 1. The lowest BCUT2D eigenvalue weighted by Gasteiger charge is -2.40. The van der Waals surface area contributed by atoms with Crippen molar-refractivity contribution in [1.82, 2.24) is 5.32 Å². The first kappa shape index (κ1) is 17.4. The Bertz CT molecular complexity index is 542. The smallest absolute Gasteiger partial charge is 0.319 e. The Morgan fingerprint density at radius 1 is 1.30 bits per heavy atom. The number of urea groups is 1. The van der Waals surface area contributed by atoms with Crippen molar-refractivity contribution >= 4 is 11.7 Å². The fourth-order valence-corrected chi connectivity index (χ4v) is 2.27. The standard InChI is InChI=1S/C14H20N2O7/c1-22-8-4-2-3-7(5-8)15-14(21)16-10-12(19)11(18)9(6-17)23-13(10)20/h2-5,9-13,17-20H,6H2,1H3,(H2,15,16,21)/t9-,10-,11-,12-,13+/m1/s1. The third-order valence-electron chi connectivity index (χ3n) is 3.53. The molecule has 6 N–H and O–H groups in total. The van der Waals surface area contributed by atoms with Crippen LogP contribution < -0.4 is 15.4 Å². The Hall–Kier alpha value is -1.91. The zero-order valence-electron chi connectivity index (χ0n) is 12.4. The molecule has 0 bridgehead atoms. The zero-order valence-corrected chi connectivity index (χ0v) is 12.4. The molecule has 1 fully saturated rings. The average molecular weight is 328 g/mol. The van der Waals surface area contributed by atoms with E-state index in [1.165, 1.54) is 7.11 Å². The van der Waals surface area contributed by atoms with Crippen molar-refractivity contribution in [2.45, 2.75) is 30.6 Å². The second kappa shape index (κ2) is 7.57. The van der Waals surface area contributed by atoms with E-state index in [0.29, 0.717) is 11.4 Å². The van der Waals surface area contributed by atoms with Crippen LogP contribution in [0.1, 0.15) is 0 Å². The summed E-state index contributed by atoms with van der Waals surface area (Å²) in [5, 5.41) is 43.3. The molecule has 0 saturated carbocycles. The van der Waals surface area contributed by atoms with E-state index in [0.717, 1.165) is 0 Å². The van der Waals surface area contributed by atoms with Gasteiger partial charge in [-0.25, -0.2) is 4.79 Å². The van der Waals surface area contributed by atoms with Crippen molar-refractivity contribution in [1.29, 1.82) is 0 Å². The molecule has 2 amide bonds. The average Bonchev–Trinajstić information content (AvgIpc) is 2.55. The Morgan fingerprint density at radius 3 is 2.70 bits per heavy atom. The maximum absolute atomic E-state index is 12.0. The van der Waals surface area contributed by atoms with Crippen molar-refractivity contribution in [2.75, 3.05) is 19.0 Å². The normalized spacial score (nSPS) is 30.6. The van der Waals surface area contributed by atoms with Crippen LogP contribution >= 0.6 is 0 Å². The van der Waals surface area contributed by atoms with E-state index in [1.807, 2.05) is 0 Å². The molecular weight excluding hydrogens is 308 g/mol. The Kier molecular flexibility index (Phi) is 5.74. The molecule has 0 radical (unpaired) electrons. The maximum atomic E-state index is 12.0. The van der Waals surface area contributed by atoms with Crippen LogP contribution in [0.3, 0.4) is 0 Å². The lowest BCUT2D eigenvalue weighted by Crippen LogP contribution is -2.64. The molecule has 1 aliphatic heterocycles. The molecule has 128 valence electrons. The van der Waals surface area contributed by atoms with Crippen LogP contribution in [0, 0.1) is 0 Å². The van der Waals surface area contributed by atoms with Crippen LogP contribution in [0.5, 0.6) is 5.75 Å². The van der Waals surface area contributed by atoms with Gasteiger partial charge in [0, 0.05) is 11.8 Å². The van der Waals surface area contributed by atoms with Gasteiger partial charge in [0.25, 0.3) is 0 Å². The fourth-order valence-electron chi connectivity index (χ4n) is 2.27. The van der Waals surface area contributed by atoms with Crippen molar-refractivity contribution in [3.63, 3.8) is 0 Å². The van der Waals surface area contributed by atoms with E-state index in [-0.39, 0.29) is 0 Å². The number of nitrogens with one attached hydrogen (secondary N) is 2. The van der Waals surface area contributed by atoms with Gasteiger partial charge in [0.05, 0.1) is 13.7 Å². The van der Waals surface area contributed by atoms with Crippen molar-refractivity contribution in [2.24, 2.45) is 0 Å². The molecular formula is C14H20N2O7. The van der Waals surface area contributed by atoms with Crippen molar-refractivity contribution in [3.05, 3.63) is 24.3 Å². The molecule has 9 nitrogen and oxygen atoms in total. The Morgan fingerprint density at radius 2 is 2.04 bits per heavy atom. The molecule has 23 heavy (non-hydrogen) atoms. The summed E-state index contributed by atoms with van der Waals surface area (Å²) in [7, 11) is 1.49. The molecule has 1 heterocycles. The number of hydrogen-bond acceptors (Lipinski definition) is 7. The number of carbonyl (C=O) groups excluding carboxylic acids is 1. The summed E-state index contributed by atoms with van der Waals surface area (Å²) in [6, 6.07) is 4.63. The van der Waals surface area contributed by atoms with Gasteiger partial charge < -0.3 is 40.5 Å². The molecule has 0 aromatic heterocycles. The number of amides is 2. The molecule has 9 heteroatoms. The second-order valence-corrected chi connectivity index (χ2v) is 5.09. The molecule has 1 aliphatic rings. The number of ether oxygens (including phenoxy) is 2. The summed E-state index contributed by atoms with van der Waals surface area (Å²) in [5.74, 6) is 0.546. The van der Waals surface area contributed by atoms with E-state index < -0.39 is 43.3 Å². The first-order chi connectivity index (χ1) is 11.0. The highest BCUT2D eigenvalue weighted by Gasteiger charge is 2.44. The van der Waals surface area contributed by atoms with Crippen LogP contribution in [-0.4, -0.2) is 70.8 Å². The Labute approximate surface area is 132 Å². The lowest BCUT2D eigenvalue weighted by molar-refractivity contribution is -0.252. The predicted molar refractivity (Wildman–Crippen MR) is 78.9 cm³/mol. The minimum absolute atomic E-state index is 0.441. The van der Waals surface area contributed by atoms with Crippen LogP contribution in [0.4, 0.5) is 10.5 Å². The number of rotatable bonds is 4. The third-order valence-corrected chi connectivity index (χ3v) is 3.53. The van der Waals surface area contributed by atoms with E-state index in [1.54, 1.807) is 24.3 Å². The number of benzene rings is 1. The van der Waals surface area contributed by atoms with Crippen LogP contribution in [0.25, 0.3) is 0 Å². The molecule has 1 saturated heterocycles. The van der Waals surface area contributed by atoms with E-state index in [4.69, 9.17) is 14.6 Å². The van der Waals surface area contributed by atoms with Crippen LogP contribution in [0.15, 0.2) is 24.3 Å². The van der Waals surface area contributed by atoms with Gasteiger partial charge in [-0.05, 0) is 12.1 Å². The van der Waals surface area contributed by atoms with E-state index in [9.17, 15) is 20.1 Å². The monoisotopic (exact) mass is 328 g/mol. The highest BCUT2D eigenvalue weighted by molar-refractivity contribution is 5.89. The predicted octanol–water partition coefficient (Wildman–Crippen LogP) is -1.38. The first-order valence-corrected chi connectivity index (χ1v) is 6.98.